The van der Waals surface area contributed by atoms with Crippen LogP contribution in [0.3, 0.4) is 0 Å². The number of rotatable bonds is 5. The highest BCUT2D eigenvalue weighted by atomic mass is 16.5. The molecule has 7 nitrogen and oxygen atoms in total. The van der Waals surface area contributed by atoms with E-state index in [1.807, 2.05) is 9.58 Å². The molecule has 1 aromatic heterocycles. The number of carbonyl (C=O) groups excluding carboxylic acids is 1. The first kappa shape index (κ1) is 16.4. The Balaban J connectivity index is 1.72. The summed E-state index contributed by atoms with van der Waals surface area (Å²) in [6.07, 6.45) is 4.00. The molecular formula is C16H27N5O2. The second-order valence-corrected chi connectivity index (χ2v) is 6.72. The van der Waals surface area contributed by atoms with E-state index in [-0.39, 0.29) is 24.0 Å². The molecule has 0 radical (unpaired) electrons. The van der Waals surface area contributed by atoms with E-state index in [9.17, 15) is 4.79 Å². The summed E-state index contributed by atoms with van der Waals surface area (Å²) < 4.78 is 7.09. The summed E-state index contributed by atoms with van der Waals surface area (Å²) >= 11 is 0. The van der Waals surface area contributed by atoms with Crippen molar-refractivity contribution in [2.24, 2.45) is 0 Å². The number of methoxy groups -OCH3 is 1. The van der Waals surface area contributed by atoms with Crippen LogP contribution in [0.15, 0.2) is 0 Å². The van der Waals surface area contributed by atoms with Crippen LogP contribution in [0.25, 0.3) is 0 Å². The van der Waals surface area contributed by atoms with E-state index in [4.69, 9.17) is 4.74 Å². The predicted molar refractivity (Wildman–Crippen MR) is 85.7 cm³/mol. The third-order valence-electron chi connectivity index (χ3n) is 4.69. The Hall–Kier alpha value is -1.47. The average Bonchev–Trinajstić information content (AvgIpc) is 2.93. The molecule has 2 aliphatic heterocycles. The van der Waals surface area contributed by atoms with E-state index in [1.165, 1.54) is 0 Å². The van der Waals surface area contributed by atoms with Crippen LogP contribution in [0.1, 0.15) is 57.2 Å². The summed E-state index contributed by atoms with van der Waals surface area (Å²) in [5, 5.41) is 8.04. The van der Waals surface area contributed by atoms with Gasteiger partial charge in [0, 0.05) is 26.2 Å². The van der Waals surface area contributed by atoms with Gasteiger partial charge in [-0.2, -0.15) is 5.10 Å². The van der Waals surface area contributed by atoms with E-state index >= 15 is 0 Å². The molecule has 1 aromatic rings. The number of hydrogen-bond donors (Lipinski definition) is 1. The summed E-state index contributed by atoms with van der Waals surface area (Å²) in [4.78, 5) is 19.2. The molecule has 3 heterocycles. The lowest BCUT2D eigenvalue weighted by molar-refractivity contribution is -0.138. The number of amides is 1. The standard InChI is InChI=1S/C16H27N5O2/c1-11(2)20-8-4-7-13(16(20)22)17-12-6-5-9-21-15(12)18-14(19-21)10-23-3/h11-13,17H,4-10H2,1-3H3/t12-,13+/m0/s1. The molecule has 0 aromatic carbocycles. The highest BCUT2D eigenvalue weighted by Crippen LogP contribution is 2.26. The first-order chi connectivity index (χ1) is 11.1. The summed E-state index contributed by atoms with van der Waals surface area (Å²) in [5.74, 6) is 1.88. The van der Waals surface area contributed by atoms with Crippen LogP contribution >= 0.6 is 0 Å². The molecular weight excluding hydrogens is 294 g/mol. The zero-order valence-electron chi connectivity index (χ0n) is 14.3. The molecule has 23 heavy (non-hydrogen) atoms. The molecule has 0 unspecified atom stereocenters. The summed E-state index contributed by atoms with van der Waals surface area (Å²) in [5.41, 5.74) is 0. The van der Waals surface area contributed by atoms with Gasteiger partial charge in [-0.15, -0.1) is 0 Å². The summed E-state index contributed by atoms with van der Waals surface area (Å²) in [6, 6.07) is 0.253. The van der Waals surface area contributed by atoms with Crippen LogP contribution < -0.4 is 5.32 Å². The molecule has 0 bridgehead atoms. The van der Waals surface area contributed by atoms with Gasteiger partial charge in [0.15, 0.2) is 5.82 Å². The van der Waals surface area contributed by atoms with Crippen LogP contribution in [0.5, 0.6) is 0 Å². The zero-order valence-corrected chi connectivity index (χ0v) is 14.3. The number of nitrogens with zero attached hydrogens (tertiary/aromatic N) is 4. The van der Waals surface area contributed by atoms with Crippen LogP contribution in [0.2, 0.25) is 0 Å². The number of aromatic nitrogens is 3. The normalized spacial score (nSPS) is 25.0. The van der Waals surface area contributed by atoms with Crippen molar-refractivity contribution in [3.05, 3.63) is 11.6 Å². The molecule has 7 heteroatoms. The topological polar surface area (TPSA) is 72.3 Å². The van der Waals surface area contributed by atoms with Crippen molar-refractivity contribution in [1.29, 1.82) is 0 Å². The van der Waals surface area contributed by atoms with Crippen molar-refractivity contribution in [1.82, 2.24) is 25.0 Å². The molecule has 0 aliphatic carbocycles. The summed E-state index contributed by atoms with van der Waals surface area (Å²) in [7, 11) is 1.65. The first-order valence-corrected chi connectivity index (χ1v) is 8.59. The number of piperidine rings is 1. The Kier molecular flexibility index (Phi) is 4.96. The third kappa shape index (κ3) is 3.40. The smallest absolute Gasteiger partial charge is 0.239 e. The number of nitrogens with one attached hydrogen (secondary N) is 1. The minimum Gasteiger partial charge on any atom is -0.377 e. The predicted octanol–water partition coefficient (Wildman–Crippen LogP) is 1.25. The number of aryl methyl sites for hydroxylation is 1. The molecule has 1 fully saturated rings. The van der Waals surface area contributed by atoms with Crippen molar-refractivity contribution < 1.29 is 9.53 Å². The van der Waals surface area contributed by atoms with Gasteiger partial charge in [-0.1, -0.05) is 0 Å². The fourth-order valence-electron chi connectivity index (χ4n) is 3.56. The van der Waals surface area contributed by atoms with Crippen molar-refractivity contribution in [3.8, 4) is 0 Å². The van der Waals surface area contributed by atoms with E-state index in [1.54, 1.807) is 7.11 Å². The minimum atomic E-state index is -0.106. The van der Waals surface area contributed by atoms with Crippen LogP contribution in [-0.2, 0) is 22.7 Å². The Morgan fingerprint density at radius 1 is 1.26 bits per heavy atom. The lowest BCUT2D eigenvalue weighted by atomic mass is 10.00. The second kappa shape index (κ2) is 6.97. The van der Waals surface area contributed by atoms with Crippen molar-refractivity contribution in [2.45, 2.75) is 70.8 Å². The number of fused-ring (bicyclic) bond motifs is 1. The lowest BCUT2D eigenvalue weighted by Gasteiger charge is -2.37. The zero-order chi connectivity index (χ0) is 16.4. The highest BCUT2D eigenvalue weighted by Gasteiger charge is 2.34. The van der Waals surface area contributed by atoms with Gasteiger partial charge in [0.2, 0.25) is 5.91 Å². The van der Waals surface area contributed by atoms with Crippen molar-refractivity contribution in [3.63, 3.8) is 0 Å². The Morgan fingerprint density at radius 2 is 2.00 bits per heavy atom. The number of hydrogen-bond acceptors (Lipinski definition) is 5. The number of carbonyl (C=O) groups is 1. The van der Waals surface area contributed by atoms with Crippen molar-refractivity contribution in [2.75, 3.05) is 13.7 Å². The van der Waals surface area contributed by atoms with Gasteiger partial charge in [0.05, 0.1) is 12.1 Å². The quantitative estimate of drug-likeness (QED) is 0.883. The van der Waals surface area contributed by atoms with E-state index in [2.05, 4.69) is 29.2 Å². The Morgan fingerprint density at radius 3 is 2.74 bits per heavy atom. The number of likely N-dealkylation sites (tertiary alicyclic amines) is 1. The molecule has 3 rings (SSSR count). The van der Waals surface area contributed by atoms with E-state index < -0.39 is 0 Å². The number of ether oxygens (including phenoxy) is 1. The summed E-state index contributed by atoms with van der Waals surface area (Å²) in [6.45, 7) is 6.34. The van der Waals surface area contributed by atoms with Crippen molar-refractivity contribution >= 4 is 5.91 Å². The SMILES string of the molecule is COCc1nc2n(n1)CCC[C@@H]2N[C@@H]1CCCN(C(C)C)C1=O. The second-order valence-electron chi connectivity index (χ2n) is 6.72. The average molecular weight is 321 g/mol. The van der Waals surface area contributed by atoms with Gasteiger partial charge in [-0.05, 0) is 39.5 Å². The van der Waals surface area contributed by atoms with Gasteiger partial charge in [-0.3, -0.25) is 10.1 Å². The third-order valence-corrected chi connectivity index (χ3v) is 4.69. The molecule has 128 valence electrons. The van der Waals surface area contributed by atoms with Gasteiger partial charge in [0.1, 0.15) is 12.4 Å². The van der Waals surface area contributed by atoms with Crippen LogP contribution in [0.4, 0.5) is 0 Å². The molecule has 1 saturated heterocycles. The van der Waals surface area contributed by atoms with E-state index in [0.29, 0.717) is 6.61 Å². The fourth-order valence-corrected chi connectivity index (χ4v) is 3.56. The molecule has 0 saturated carbocycles. The maximum atomic E-state index is 12.7. The van der Waals surface area contributed by atoms with E-state index in [0.717, 1.165) is 50.4 Å². The van der Waals surface area contributed by atoms with Crippen LogP contribution in [-0.4, -0.2) is 51.3 Å². The largest absolute Gasteiger partial charge is 0.377 e. The lowest BCUT2D eigenvalue weighted by Crippen LogP contribution is -2.54. The van der Waals surface area contributed by atoms with Gasteiger partial charge in [0.25, 0.3) is 0 Å². The van der Waals surface area contributed by atoms with Crippen LogP contribution in [0, 0.1) is 0 Å². The molecule has 2 atom stereocenters. The van der Waals surface area contributed by atoms with Gasteiger partial charge >= 0.3 is 0 Å². The molecule has 1 N–H and O–H groups in total. The Labute approximate surface area is 137 Å². The van der Waals surface area contributed by atoms with Gasteiger partial charge in [-0.25, -0.2) is 9.67 Å². The molecule has 0 spiro atoms. The fraction of sp³-hybridized carbons (Fsp3) is 0.812. The molecule has 2 aliphatic rings. The maximum absolute atomic E-state index is 12.7. The molecule has 1 amide bonds. The van der Waals surface area contributed by atoms with Gasteiger partial charge < -0.3 is 9.64 Å². The minimum absolute atomic E-state index is 0.0999. The highest BCUT2D eigenvalue weighted by molar-refractivity contribution is 5.82. The maximum Gasteiger partial charge on any atom is 0.239 e. The monoisotopic (exact) mass is 321 g/mol. The Bertz CT molecular complexity index is 557. The first-order valence-electron chi connectivity index (χ1n) is 8.59.